The van der Waals surface area contributed by atoms with E-state index in [0.29, 0.717) is 12.0 Å². The highest BCUT2D eigenvalue weighted by atomic mass is 19.2. The Labute approximate surface area is 180 Å². The Hall–Kier alpha value is -3.22. The summed E-state index contributed by atoms with van der Waals surface area (Å²) in [6.45, 7) is 1.95. The smallest absolute Gasteiger partial charge is 0.250 e. The van der Waals surface area contributed by atoms with Crippen molar-refractivity contribution in [1.29, 1.82) is 0 Å². The van der Waals surface area contributed by atoms with Gasteiger partial charge in [-0.2, -0.15) is 0 Å². The third-order valence-corrected chi connectivity index (χ3v) is 6.35. The molecule has 4 nitrogen and oxygen atoms in total. The molecule has 0 saturated carbocycles. The van der Waals surface area contributed by atoms with Crippen LogP contribution in [0.25, 0.3) is 11.8 Å². The lowest BCUT2D eigenvalue weighted by Crippen LogP contribution is -2.30. The monoisotopic (exact) mass is 417 g/mol. The zero-order valence-electron chi connectivity index (χ0n) is 17.5. The molecule has 0 spiro atoms. The topological polar surface area (TPSA) is 38.1 Å². The van der Waals surface area contributed by atoms with Crippen LogP contribution in [0.5, 0.6) is 0 Å². The van der Waals surface area contributed by atoms with Crippen LogP contribution in [0.1, 0.15) is 42.1 Å². The van der Waals surface area contributed by atoms with Gasteiger partial charge in [-0.1, -0.05) is 23.7 Å². The van der Waals surface area contributed by atoms with Gasteiger partial charge in [-0.15, -0.1) is 0 Å². The van der Waals surface area contributed by atoms with E-state index in [1.165, 1.54) is 6.07 Å². The van der Waals surface area contributed by atoms with Crippen molar-refractivity contribution in [3.05, 3.63) is 83.0 Å². The molecule has 156 valence electrons. The van der Waals surface area contributed by atoms with Gasteiger partial charge in [-0.05, 0) is 61.6 Å². The summed E-state index contributed by atoms with van der Waals surface area (Å²) in [7, 11) is 2.04. The summed E-state index contributed by atoms with van der Waals surface area (Å²) >= 11 is 0. The zero-order valence-corrected chi connectivity index (χ0v) is 17.5. The van der Waals surface area contributed by atoms with Crippen LogP contribution < -0.4 is 5.46 Å². The standard InChI is InChI=1S/C24H22BF2N3O/c1-14-12-29(13-28-14)23-6-2-15(9-19(23)25)8-17-10-18-4-7-22(30(18)24(17)31)16-3-5-20(26)21(27)11-16/h2-3,5-6,8-9,11-13,18,22H,4,7,10,25H2,1H3/b17-8+/t18-,22+/m0/s1. The molecule has 3 heterocycles. The van der Waals surface area contributed by atoms with E-state index in [-0.39, 0.29) is 18.0 Å². The van der Waals surface area contributed by atoms with Crippen LogP contribution >= 0.6 is 0 Å². The molecule has 0 radical (unpaired) electrons. The Morgan fingerprint density at radius 2 is 1.97 bits per heavy atom. The van der Waals surface area contributed by atoms with Gasteiger partial charge in [0, 0.05) is 23.5 Å². The van der Waals surface area contributed by atoms with Crippen LogP contribution in [-0.4, -0.2) is 34.2 Å². The molecule has 0 N–H and O–H groups in total. The number of aromatic nitrogens is 2. The lowest BCUT2D eigenvalue weighted by atomic mass is 9.91. The summed E-state index contributed by atoms with van der Waals surface area (Å²) < 4.78 is 29.1. The predicted octanol–water partition coefficient (Wildman–Crippen LogP) is 3.24. The normalized spacial score (nSPS) is 21.8. The first-order valence-corrected chi connectivity index (χ1v) is 10.5. The maximum absolute atomic E-state index is 13.7. The summed E-state index contributed by atoms with van der Waals surface area (Å²) in [5.74, 6) is -1.74. The molecule has 2 saturated heterocycles. The summed E-state index contributed by atoms with van der Waals surface area (Å²) in [5.41, 5.74) is 5.51. The van der Waals surface area contributed by atoms with Crippen LogP contribution in [0.2, 0.25) is 0 Å². The van der Waals surface area contributed by atoms with E-state index >= 15 is 0 Å². The number of nitrogens with zero attached hydrogens (tertiary/aromatic N) is 3. The molecule has 5 rings (SSSR count). The second-order valence-corrected chi connectivity index (χ2v) is 8.47. The minimum Gasteiger partial charge on any atom is -0.329 e. The molecule has 2 atom stereocenters. The second-order valence-electron chi connectivity index (χ2n) is 8.47. The van der Waals surface area contributed by atoms with E-state index in [1.54, 1.807) is 12.4 Å². The average molecular weight is 417 g/mol. The van der Waals surface area contributed by atoms with Gasteiger partial charge in [-0.25, -0.2) is 13.8 Å². The molecule has 0 aliphatic carbocycles. The minimum atomic E-state index is -0.869. The first-order valence-electron chi connectivity index (χ1n) is 10.5. The van der Waals surface area contributed by atoms with Gasteiger partial charge in [-0.3, -0.25) is 4.79 Å². The summed E-state index contributed by atoms with van der Waals surface area (Å²) in [6, 6.07) is 9.97. The van der Waals surface area contributed by atoms with Gasteiger partial charge < -0.3 is 9.47 Å². The van der Waals surface area contributed by atoms with Crippen molar-refractivity contribution in [2.24, 2.45) is 0 Å². The van der Waals surface area contributed by atoms with E-state index in [4.69, 9.17) is 0 Å². The van der Waals surface area contributed by atoms with Crippen molar-refractivity contribution in [1.82, 2.24) is 14.5 Å². The number of fused-ring (bicyclic) bond motifs is 1. The summed E-state index contributed by atoms with van der Waals surface area (Å²) in [6.07, 6.45) is 8.05. The number of halogens is 2. The molecule has 2 fully saturated rings. The maximum Gasteiger partial charge on any atom is 0.250 e. The van der Waals surface area contributed by atoms with Crippen molar-refractivity contribution in [3.63, 3.8) is 0 Å². The van der Waals surface area contributed by atoms with Crippen LogP contribution in [-0.2, 0) is 4.79 Å². The van der Waals surface area contributed by atoms with Gasteiger partial charge in [0.25, 0.3) is 5.91 Å². The van der Waals surface area contributed by atoms with Crippen molar-refractivity contribution < 1.29 is 13.6 Å². The third kappa shape index (κ3) is 3.48. The number of aryl methyl sites for hydroxylation is 1. The number of carbonyl (C=O) groups excluding carboxylic acids is 1. The fourth-order valence-electron chi connectivity index (χ4n) is 4.88. The maximum atomic E-state index is 13.7. The molecule has 2 aromatic carbocycles. The predicted molar refractivity (Wildman–Crippen MR) is 118 cm³/mol. The van der Waals surface area contributed by atoms with E-state index in [2.05, 4.69) is 11.1 Å². The number of rotatable bonds is 3. The van der Waals surface area contributed by atoms with Gasteiger partial charge in [0.15, 0.2) is 11.6 Å². The number of amides is 1. The van der Waals surface area contributed by atoms with Crippen LogP contribution in [0.4, 0.5) is 8.78 Å². The molecule has 1 aromatic heterocycles. The van der Waals surface area contributed by atoms with Crippen LogP contribution in [0.3, 0.4) is 0 Å². The molecule has 2 aliphatic heterocycles. The lowest BCUT2D eigenvalue weighted by Gasteiger charge is -2.24. The van der Waals surface area contributed by atoms with Gasteiger partial charge in [0.05, 0.1) is 18.1 Å². The summed E-state index contributed by atoms with van der Waals surface area (Å²) in [4.78, 5) is 19.3. The highest BCUT2D eigenvalue weighted by Crippen LogP contribution is 2.44. The van der Waals surface area contributed by atoms with Crippen molar-refractivity contribution in [2.75, 3.05) is 0 Å². The zero-order chi connectivity index (χ0) is 21.7. The lowest BCUT2D eigenvalue weighted by molar-refractivity contribution is -0.127. The Morgan fingerprint density at radius 1 is 1.13 bits per heavy atom. The molecule has 0 unspecified atom stereocenters. The number of carbonyl (C=O) groups is 1. The Morgan fingerprint density at radius 3 is 2.68 bits per heavy atom. The fraction of sp³-hybridized carbons (Fsp3) is 0.250. The SMILES string of the molecule is Bc1cc(/C=C2\C[C@@H]3CC[C@H](c4ccc(F)c(F)c4)N3C2=O)ccc1-n1cnc(C)c1. The van der Waals surface area contributed by atoms with E-state index < -0.39 is 11.6 Å². The van der Waals surface area contributed by atoms with Crippen molar-refractivity contribution in [3.8, 4) is 5.69 Å². The van der Waals surface area contributed by atoms with Gasteiger partial charge in [0.1, 0.15) is 7.85 Å². The summed E-state index contributed by atoms with van der Waals surface area (Å²) in [5, 5.41) is 0. The molecule has 0 bridgehead atoms. The molecule has 2 aliphatic rings. The number of hydrogen-bond acceptors (Lipinski definition) is 2. The Kier molecular flexibility index (Phi) is 4.76. The van der Waals surface area contributed by atoms with Crippen LogP contribution in [0, 0.1) is 18.6 Å². The highest BCUT2D eigenvalue weighted by Gasteiger charge is 2.44. The fourth-order valence-corrected chi connectivity index (χ4v) is 4.88. The number of hydrogen-bond donors (Lipinski definition) is 0. The highest BCUT2D eigenvalue weighted by molar-refractivity contribution is 6.35. The average Bonchev–Trinajstić information content (AvgIpc) is 3.42. The molecular formula is C24H22BF2N3O. The second kappa shape index (κ2) is 7.48. The van der Waals surface area contributed by atoms with Crippen molar-refractivity contribution in [2.45, 2.75) is 38.3 Å². The van der Waals surface area contributed by atoms with E-state index in [9.17, 15) is 13.6 Å². The minimum absolute atomic E-state index is 0.0100. The Bertz CT molecular complexity index is 1220. The van der Waals surface area contributed by atoms with E-state index in [1.807, 2.05) is 48.6 Å². The third-order valence-electron chi connectivity index (χ3n) is 6.35. The van der Waals surface area contributed by atoms with E-state index in [0.717, 1.165) is 46.9 Å². The number of imidazole rings is 1. The van der Waals surface area contributed by atoms with Crippen LogP contribution in [0.15, 0.2) is 54.5 Å². The molecule has 3 aromatic rings. The molecule has 31 heavy (non-hydrogen) atoms. The van der Waals surface area contributed by atoms with Crippen molar-refractivity contribution >= 4 is 25.3 Å². The first kappa shape index (κ1) is 19.7. The van der Waals surface area contributed by atoms with Gasteiger partial charge in [0.2, 0.25) is 0 Å². The first-order chi connectivity index (χ1) is 14.9. The number of benzene rings is 2. The largest absolute Gasteiger partial charge is 0.329 e. The quantitative estimate of drug-likeness (QED) is 0.485. The molecule has 7 heteroatoms. The van der Waals surface area contributed by atoms with Gasteiger partial charge >= 0.3 is 0 Å². The Balaban J connectivity index is 1.40. The molecule has 1 amide bonds. The molecular weight excluding hydrogens is 395 g/mol.